The third-order valence-electron chi connectivity index (χ3n) is 10.6. The molecule has 0 saturated heterocycles. The summed E-state index contributed by atoms with van der Waals surface area (Å²) >= 11 is 0. The molecular weight excluding hydrogens is 677 g/mol. The molecular formula is C47H28N8. The Morgan fingerprint density at radius 1 is 0.364 bits per heavy atom. The van der Waals surface area contributed by atoms with Gasteiger partial charge in [0.25, 0.3) is 0 Å². The number of hydrogen-bond donors (Lipinski definition) is 0. The molecule has 0 unspecified atom stereocenters. The van der Waals surface area contributed by atoms with Crippen LogP contribution in [-0.4, -0.2) is 19.9 Å². The van der Waals surface area contributed by atoms with E-state index in [-0.39, 0.29) is 11.6 Å². The zero-order chi connectivity index (χ0) is 36.9. The Morgan fingerprint density at radius 3 is 0.945 bits per heavy atom. The number of nitrogens with zero attached hydrogens (tertiary/aromatic N) is 8. The van der Waals surface area contributed by atoms with Crippen molar-refractivity contribution in [2.75, 3.05) is 9.80 Å². The number of aromatic nitrogens is 4. The summed E-state index contributed by atoms with van der Waals surface area (Å²) in [4.78, 5) is 21.4. The summed E-state index contributed by atoms with van der Waals surface area (Å²) in [5.41, 5.74) is 14.2. The van der Waals surface area contributed by atoms with E-state index in [0.29, 0.717) is 0 Å². The van der Waals surface area contributed by atoms with E-state index < -0.39 is 5.41 Å². The highest BCUT2D eigenvalue weighted by Gasteiger charge is 2.51. The smallest absolute Gasteiger partial charge is 0.232 e. The molecule has 0 aliphatic carbocycles. The predicted molar refractivity (Wildman–Crippen MR) is 213 cm³/mol. The number of fused-ring (bicyclic) bond motifs is 8. The van der Waals surface area contributed by atoms with Crippen LogP contribution in [0, 0.1) is 22.7 Å². The summed E-state index contributed by atoms with van der Waals surface area (Å²) in [6, 6.07) is 55.9. The number of para-hydroxylation sites is 4. The fourth-order valence-corrected chi connectivity index (χ4v) is 8.30. The van der Waals surface area contributed by atoms with E-state index in [1.165, 1.54) is 22.3 Å². The number of benzene rings is 6. The Labute approximate surface area is 317 Å². The maximum absolute atomic E-state index is 9.17. The predicted octanol–water partition coefficient (Wildman–Crippen LogP) is 10.3. The minimum atomic E-state index is -0.632. The molecule has 0 bridgehead atoms. The molecule has 0 amide bonds. The summed E-state index contributed by atoms with van der Waals surface area (Å²) in [5, 5.41) is 18.3. The summed E-state index contributed by atoms with van der Waals surface area (Å²) < 4.78 is 0. The van der Waals surface area contributed by atoms with Gasteiger partial charge in [-0.15, -0.1) is 0 Å². The fraction of sp³-hybridized carbons (Fsp3) is 0.0213. The Morgan fingerprint density at radius 2 is 0.655 bits per heavy atom. The molecule has 55 heavy (non-hydrogen) atoms. The molecule has 2 aromatic heterocycles. The minimum absolute atomic E-state index is 0.151. The van der Waals surface area contributed by atoms with Crippen LogP contribution in [0.15, 0.2) is 170 Å². The highest BCUT2D eigenvalue weighted by Crippen LogP contribution is 2.63. The molecule has 0 radical (unpaired) electrons. The second-order valence-electron chi connectivity index (χ2n) is 13.4. The van der Waals surface area contributed by atoms with E-state index in [1.54, 1.807) is 24.8 Å². The molecule has 0 fully saturated rings. The molecule has 0 N–H and O–H groups in total. The molecule has 6 aromatic carbocycles. The first-order valence-corrected chi connectivity index (χ1v) is 17.8. The Hall–Kier alpha value is -7.94. The molecule has 8 nitrogen and oxygen atoms in total. The molecule has 10 rings (SSSR count). The van der Waals surface area contributed by atoms with Gasteiger partial charge in [0, 0.05) is 47.3 Å². The Balaban J connectivity index is 1.14. The van der Waals surface area contributed by atoms with Crippen LogP contribution in [0.2, 0.25) is 0 Å². The van der Waals surface area contributed by atoms with E-state index in [9.17, 15) is 10.5 Å². The third kappa shape index (κ3) is 4.83. The topological polar surface area (TPSA) is 106 Å². The van der Waals surface area contributed by atoms with E-state index >= 15 is 0 Å². The number of anilines is 6. The van der Waals surface area contributed by atoms with Gasteiger partial charge in [0.2, 0.25) is 11.6 Å². The van der Waals surface area contributed by atoms with Gasteiger partial charge in [-0.2, -0.15) is 10.5 Å². The molecule has 8 aromatic rings. The van der Waals surface area contributed by atoms with E-state index in [4.69, 9.17) is 0 Å². The molecule has 2 aliphatic heterocycles. The number of nitriles is 2. The van der Waals surface area contributed by atoms with Crippen molar-refractivity contribution < 1.29 is 0 Å². The normalized spacial score (nSPS) is 13.1. The first-order chi connectivity index (χ1) is 27.2. The summed E-state index contributed by atoms with van der Waals surface area (Å²) in [6.45, 7) is 0. The molecule has 2 aliphatic rings. The lowest BCUT2D eigenvalue weighted by Crippen LogP contribution is -2.41. The van der Waals surface area contributed by atoms with Gasteiger partial charge in [0.15, 0.2) is 0 Å². The third-order valence-corrected chi connectivity index (χ3v) is 10.6. The first kappa shape index (κ1) is 31.8. The second-order valence-corrected chi connectivity index (χ2v) is 13.4. The van der Waals surface area contributed by atoms with Crippen molar-refractivity contribution in [1.29, 1.82) is 10.5 Å². The molecule has 256 valence electrons. The van der Waals surface area contributed by atoms with Crippen molar-refractivity contribution in [3.8, 4) is 34.4 Å². The second kappa shape index (κ2) is 12.6. The summed E-state index contributed by atoms with van der Waals surface area (Å²) in [6.07, 6.45) is 6.76. The van der Waals surface area contributed by atoms with E-state index in [0.717, 1.165) is 56.4 Å². The highest BCUT2D eigenvalue weighted by molar-refractivity contribution is 5.96. The standard InChI is InChI=1S/C47H28N8/c48-25-45-50-27-33(28-51-45)31-17-21-35(22-18-31)54-41-13-5-1-9-37(41)47(38-10-2-6-14-42(38)54)39-11-3-7-15-43(39)55(44-16-8-4-12-40(44)47)36-23-19-32(20-24-36)34-29-52-46(26-49)53-30-34/h1-24,27-30H. The SMILES string of the molecule is N#Cc1ncc(-c2ccc(N3c4ccccc4C4(c5ccccc53)c3ccccc3N(c3ccc(-c5cnc(C#N)nc5)cc3)c3ccccc34)cc2)cn1. The van der Waals surface area contributed by atoms with Gasteiger partial charge >= 0.3 is 0 Å². The van der Waals surface area contributed by atoms with Gasteiger partial charge in [-0.05, 0) is 81.9 Å². The van der Waals surface area contributed by atoms with Crippen LogP contribution in [0.3, 0.4) is 0 Å². The lowest BCUT2D eigenvalue weighted by atomic mass is 9.60. The number of hydrogen-bond acceptors (Lipinski definition) is 8. The zero-order valence-electron chi connectivity index (χ0n) is 29.2. The van der Waals surface area contributed by atoms with Gasteiger partial charge < -0.3 is 9.80 Å². The van der Waals surface area contributed by atoms with Crippen molar-refractivity contribution in [3.63, 3.8) is 0 Å². The van der Waals surface area contributed by atoms with Gasteiger partial charge in [-0.25, -0.2) is 19.9 Å². The van der Waals surface area contributed by atoms with Crippen LogP contribution in [-0.2, 0) is 5.41 Å². The van der Waals surface area contributed by atoms with Crippen LogP contribution < -0.4 is 9.80 Å². The largest absolute Gasteiger partial charge is 0.310 e. The van der Waals surface area contributed by atoms with Crippen molar-refractivity contribution in [2.24, 2.45) is 0 Å². The maximum Gasteiger partial charge on any atom is 0.232 e. The molecule has 4 heterocycles. The van der Waals surface area contributed by atoms with Gasteiger partial charge in [0.05, 0.1) is 28.2 Å². The van der Waals surface area contributed by atoms with Gasteiger partial charge in [-0.1, -0.05) is 97.1 Å². The first-order valence-electron chi connectivity index (χ1n) is 17.8. The molecule has 1 spiro atoms. The lowest BCUT2D eigenvalue weighted by Gasteiger charge is -2.51. The molecule has 0 saturated carbocycles. The van der Waals surface area contributed by atoms with Crippen molar-refractivity contribution in [3.05, 3.63) is 204 Å². The molecule has 0 atom stereocenters. The highest BCUT2D eigenvalue weighted by atomic mass is 15.2. The van der Waals surface area contributed by atoms with Crippen LogP contribution in [0.5, 0.6) is 0 Å². The Bertz CT molecular complexity index is 2540. The van der Waals surface area contributed by atoms with Crippen LogP contribution >= 0.6 is 0 Å². The average molecular weight is 705 g/mol. The summed E-state index contributed by atoms with van der Waals surface area (Å²) in [7, 11) is 0. The number of rotatable bonds is 4. The van der Waals surface area contributed by atoms with Crippen LogP contribution in [0.4, 0.5) is 34.1 Å². The zero-order valence-corrected chi connectivity index (χ0v) is 29.2. The van der Waals surface area contributed by atoms with Crippen LogP contribution in [0.1, 0.15) is 33.9 Å². The van der Waals surface area contributed by atoms with Crippen molar-refractivity contribution in [1.82, 2.24) is 19.9 Å². The quantitative estimate of drug-likeness (QED) is 0.178. The Kier molecular flexibility index (Phi) is 7.29. The van der Waals surface area contributed by atoms with Crippen molar-refractivity contribution in [2.45, 2.75) is 5.41 Å². The lowest BCUT2D eigenvalue weighted by molar-refractivity contribution is 0.719. The van der Waals surface area contributed by atoms with Crippen LogP contribution in [0.25, 0.3) is 22.3 Å². The molecule has 8 heteroatoms. The van der Waals surface area contributed by atoms with Gasteiger partial charge in [-0.3, -0.25) is 0 Å². The van der Waals surface area contributed by atoms with Gasteiger partial charge in [0.1, 0.15) is 12.1 Å². The summed E-state index contributed by atoms with van der Waals surface area (Å²) in [5.74, 6) is 0.302. The van der Waals surface area contributed by atoms with E-state index in [2.05, 4.69) is 175 Å². The maximum atomic E-state index is 9.17. The van der Waals surface area contributed by atoms with Crippen molar-refractivity contribution >= 4 is 34.1 Å². The average Bonchev–Trinajstić information content (AvgIpc) is 3.27. The van der Waals surface area contributed by atoms with E-state index in [1.807, 2.05) is 12.1 Å². The minimum Gasteiger partial charge on any atom is -0.310 e. The monoisotopic (exact) mass is 704 g/mol. The fourth-order valence-electron chi connectivity index (χ4n) is 8.30.